The third kappa shape index (κ3) is 4.34. The van der Waals surface area contributed by atoms with Crippen LogP contribution in [0.3, 0.4) is 0 Å². The molecule has 0 aliphatic heterocycles. The number of thiophene rings is 1. The average Bonchev–Trinajstić information content (AvgIpc) is 3.22. The summed E-state index contributed by atoms with van der Waals surface area (Å²) in [4.78, 5) is 20.0. The van der Waals surface area contributed by atoms with E-state index in [-0.39, 0.29) is 5.91 Å². The Balaban J connectivity index is 1.72. The number of thiazole rings is 1. The van der Waals surface area contributed by atoms with E-state index in [1.807, 2.05) is 44.6 Å². The van der Waals surface area contributed by atoms with Crippen LogP contribution in [0.5, 0.6) is 0 Å². The van der Waals surface area contributed by atoms with Gasteiger partial charge in [-0.2, -0.15) is 11.3 Å². The van der Waals surface area contributed by atoms with Gasteiger partial charge in [-0.05, 0) is 43.6 Å². The van der Waals surface area contributed by atoms with Crippen LogP contribution in [0, 0.1) is 6.92 Å². The molecule has 2 aromatic heterocycles. The van der Waals surface area contributed by atoms with Crippen molar-refractivity contribution in [2.75, 3.05) is 14.1 Å². The third-order valence-electron chi connectivity index (χ3n) is 3.82. The highest BCUT2D eigenvalue weighted by Gasteiger charge is 2.16. The van der Waals surface area contributed by atoms with Gasteiger partial charge in [0.25, 0.3) is 5.91 Å². The second kappa shape index (κ2) is 7.91. The fourth-order valence-corrected chi connectivity index (χ4v) is 4.29. The van der Waals surface area contributed by atoms with Crippen LogP contribution in [0.1, 0.15) is 26.5 Å². The van der Waals surface area contributed by atoms with E-state index in [4.69, 9.17) is 0 Å². The van der Waals surface area contributed by atoms with E-state index in [0.717, 1.165) is 28.4 Å². The first-order chi connectivity index (χ1) is 12.0. The largest absolute Gasteiger partial charge is 0.347 e. The average molecular weight is 372 g/mol. The molecule has 4 nitrogen and oxygen atoms in total. The lowest BCUT2D eigenvalue weighted by atomic mass is 10.1. The molecule has 0 fully saturated rings. The summed E-state index contributed by atoms with van der Waals surface area (Å²) in [7, 11) is 4.09. The molecule has 0 saturated heterocycles. The van der Waals surface area contributed by atoms with Gasteiger partial charge < -0.3 is 10.2 Å². The van der Waals surface area contributed by atoms with Gasteiger partial charge in [-0.25, -0.2) is 4.98 Å². The molecule has 0 bridgehead atoms. The zero-order valence-electron chi connectivity index (χ0n) is 14.6. The summed E-state index contributed by atoms with van der Waals surface area (Å²) in [5.41, 5.74) is 4.23. The van der Waals surface area contributed by atoms with Crippen molar-refractivity contribution in [2.45, 2.75) is 20.0 Å². The lowest BCUT2D eigenvalue weighted by molar-refractivity contribution is 0.0954. The summed E-state index contributed by atoms with van der Waals surface area (Å²) in [5, 5.41) is 8.02. The number of carbonyl (C=O) groups excluding carboxylic acids is 1. The smallest absolute Gasteiger partial charge is 0.263 e. The van der Waals surface area contributed by atoms with E-state index >= 15 is 0 Å². The fourth-order valence-electron chi connectivity index (χ4n) is 2.60. The molecule has 1 amide bonds. The number of hydrogen-bond acceptors (Lipinski definition) is 5. The Morgan fingerprint density at radius 2 is 1.96 bits per heavy atom. The predicted octanol–water partition coefficient (Wildman–Crippen LogP) is 4.17. The minimum absolute atomic E-state index is 0.0591. The van der Waals surface area contributed by atoms with E-state index in [9.17, 15) is 4.79 Å². The van der Waals surface area contributed by atoms with Crippen LogP contribution in [-0.4, -0.2) is 29.9 Å². The Kier molecular flexibility index (Phi) is 5.63. The highest BCUT2D eigenvalue weighted by molar-refractivity contribution is 7.17. The lowest BCUT2D eigenvalue weighted by Crippen LogP contribution is -2.24. The molecule has 2 heterocycles. The van der Waals surface area contributed by atoms with Gasteiger partial charge in [-0.15, -0.1) is 11.3 Å². The molecule has 0 aliphatic carbocycles. The topological polar surface area (TPSA) is 45.2 Å². The minimum atomic E-state index is -0.0591. The van der Waals surface area contributed by atoms with Crippen LogP contribution in [0.2, 0.25) is 0 Å². The van der Waals surface area contributed by atoms with Crippen molar-refractivity contribution in [1.29, 1.82) is 0 Å². The number of rotatable bonds is 6. The summed E-state index contributed by atoms with van der Waals surface area (Å²) in [6.07, 6.45) is 0. The molecule has 1 aromatic carbocycles. The zero-order valence-corrected chi connectivity index (χ0v) is 16.2. The molecule has 0 radical (unpaired) electrons. The molecule has 0 spiro atoms. The lowest BCUT2D eigenvalue weighted by Gasteiger charge is -2.14. The van der Waals surface area contributed by atoms with Crippen molar-refractivity contribution >= 4 is 28.6 Å². The van der Waals surface area contributed by atoms with Crippen molar-refractivity contribution in [3.05, 3.63) is 62.8 Å². The molecule has 0 unspecified atom stereocenters. The first-order valence-corrected chi connectivity index (χ1v) is 9.80. The summed E-state index contributed by atoms with van der Waals surface area (Å²) in [6, 6.07) is 10.2. The van der Waals surface area contributed by atoms with Crippen molar-refractivity contribution < 1.29 is 4.79 Å². The Hall–Kier alpha value is -2.02. The first-order valence-electron chi connectivity index (χ1n) is 8.04. The Labute approximate surface area is 156 Å². The molecular formula is C19H21N3OS2. The SMILES string of the molecule is Cc1nc(-c2ccsc2)sc1C(=O)NCc1ccccc1CN(C)C. The van der Waals surface area contributed by atoms with E-state index in [1.165, 1.54) is 16.9 Å². The number of nitrogens with zero attached hydrogens (tertiary/aromatic N) is 2. The Bertz CT molecular complexity index is 853. The molecule has 6 heteroatoms. The zero-order chi connectivity index (χ0) is 17.8. The molecule has 130 valence electrons. The number of benzene rings is 1. The summed E-state index contributed by atoms with van der Waals surface area (Å²) >= 11 is 3.08. The van der Waals surface area contributed by atoms with E-state index in [1.54, 1.807) is 11.3 Å². The molecule has 0 aliphatic rings. The summed E-state index contributed by atoms with van der Waals surface area (Å²) < 4.78 is 0. The van der Waals surface area contributed by atoms with Crippen molar-refractivity contribution in [3.8, 4) is 10.6 Å². The summed E-state index contributed by atoms with van der Waals surface area (Å²) in [6.45, 7) is 3.27. The predicted molar refractivity (Wildman–Crippen MR) is 105 cm³/mol. The number of hydrogen-bond donors (Lipinski definition) is 1. The number of aromatic nitrogens is 1. The second-order valence-electron chi connectivity index (χ2n) is 6.13. The monoisotopic (exact) mass is 371 g/mol. The number of aryl methyl sites for hydroxylation is 1. The maximum atomic E-state index is 12.6. The first kappa shape index (κ1) is 17.8. The minimum Gasteiger partial charge on any atom is -0.347 e. The Morgan fingerprint density at radius 3 is 2.64 bits per heavy atom. The van der Waals surface area contributed by atoms with Gasteiger partial charge in [0, 0.05) is 24.0 Å². The number of carbonyl (C=O) groups is 1. The third-order valence-corrected chi connectivity index (χ3v) is 5.70. The van der Waals surface area contributed by atoms with Crippen molar-refractivity contribution in [3.63, 3.8) is 0 Å². The van der Waals surface area contributed by atoms with Gasteiger partial charge in [0.2, 0.25) is 0 Å². The summed E-state index contributed by atoms with van der Waals surface area (Å²) in [5.74, 6) is -0.0591. The fraction of sp³-hybridized carbons (Fsp3) is 0.263. The van der Waals surface area contributed by atoms with Gasteiger partial charge >= 0.3 is 0 Å². The van der Waals surface area contributed by atoms with Crippen molar-refractivity contribution in [1.82, 2.24) is 15.2 Å². The number of amides is 1. The van der Waals surface area contributed by atoms with Crippen LogP contribution in [0.25, 0.3) is 10.6 Å². The van der Waals surface area contributed by atoms with Gasteiger partial charge in [-0.3, -0.25) is 4.79 Å². The van der Waals surface area contributed by atoms with Gasteiger partial charge in [0.05, 0.1) is 5.69 Å². The van der Waals surface area contributed by atoms with Gasteiger partial charge in [-0.1, -0.05) is 24.3 Å². The standard InChI is InChI=1S/C19H21N3OS2/c1-13-17(25-19(21-13)16-8-9-24-12-16)18(23)20-10-14-6-4-5-7-15(14)11-22(2)3/h4-9,12H,10-11H2,1-3H3,(H,20,23). The second-order valence-corrected chi connectivity index (χ2v) is 7.91. The van der Waals surface area contributed by atoms with Gasteiger partial charge in [0.1, 0.15) is 9.88 Å². The van der Waals surface area contributed by atoms with E-state index < -0.39 is 0 Å². The van der Waals surface area contributed by atoms with Crippen LogP contribution < -0.4 is 5.32 Å². The van der Waals surface area contributed by atoms with Crippen LogP contribution in [0.4, 0.5) is 0 Å². The molecule has 0 saturated carbocycles. The maximum absolute atomic E-state index is 12.6. The maximum Gasteiger partial charge on any atom is 0.263 e. The Morgan fingerprint density at radius 1 is 1.20 bits per heavy atom. The highest BCUT2D eigenvalue weighted by atomic mass is 32.1. The molecular weight excluding hydrogens is 350 g/mol. The van der Waals surface area contributed by atoms with Gasteiger partial charge in [0.15, 0.2) is 0 Å². The number of nitrogens with one attached hydrogen (secondary N) is 1. The molecule has 3 aromatic rings. The van der Waals surface area contributed by atoms with Crippen LogP contribution >= 0.6 is 22.7 Å². The molecule has 3 rings (SSSR count). The van der Waals surface area contributed by atoms with Crippen molar-refractivity contribution in [2.24, 2.45) is 0 Å². The molecule has 25 heavy (non-hydrogen) atoms. The quantitative estimate of drug-likeness (QED) is 0.707. The molecule has 1 N–H and O–H groups in total. The molecule has 0 atom stereocenters. The van der Waals surface area contributed by atoms with Crippen LogP contribution in [0.15, 0.2) is 41.1 Å². The van der Waals surface area contributed by atoms with Crippen LogP contribution in [-0.2, 0) is 13.1 Å². The van der Waals surface area contributed by atoms with E-state index in [0.29, 0.717) is 11.4 Å². The van der Waals surface area contributed by atoms with E-state index in [2.05, 4.69) is 32.7 Å². The highest BCUT2D eigenvalue weighted by Crippen LogP contribution is 2.29. The normalized spacial score (nSPS) is 11.0.